The summed E-state index contributed by atoms with van der Waals surface area (Å²) in [6.45, 7) is 7.10. The molecule has 1 amide bonds. The quantitative estimate of drug-likeness (QED) is 0.438. The summed E-state index contributed by atoms with van der Waals surface area (Å²) in [5, 5.41) is 11.4. The van der Waals surface area contributed by atoms with Crippen molar-refractivity contribution in [3.8, 4) is 16.3 Å². The number of halogens is 1. The van der Waals surface area contributed by atoms with Gasteiger partial charge in [-0.2, -0.15) is 0 Å². The molecule has 0 saturated heterocycles. The maximum Gasteiger partial charge on any atom is 0.274 e. The number of carbonyl (C=O) groups excluding carboxylic acids is 1. The number of rotatable bonds is 9. The molecule has 0 saturated carbocycles. The molecular formula is C26H30FN3O5S. The molecule has 1 atom stereocenters. The predicted molar refractivity (Wildman–Crippen MR) is 135 cm³/mol. The highest BCUT2D eigenvalue weighted by atomic mass is 32.1. The molecule has 3 aromatic rings. The summed E-state index contributed by atoms with van der Waals surface area (Å²) in [6.07, 6.45) is 3.80. The summed E-state index contributed by atoms with van der Waals surface area (Å²) in [7, 11) is 1.59. The van der Waals surface area contributed by atoms with Gasteiger partial charge in [0.15, 0.2) is 11.4 Å². The van der Waals surface area contributed by atoms with Crippen molar-refractivity contribution in [3.63, 3.8) is 0 Å². The highest BCUT2D eigenvalue weighted by molar-refractivity contribution is 7.15. The lowest BCUT2D eigenvalue weighted by Gasteiger charge is -2.45. The Hall–Kier alpha value is -3.08. The number of hydrogen-bond acceptors (Lipinski definition) is 7. The number of hydrogen-bond donors (Lipinski definition) is 1. The number of aromatic nitrogens is 2. The van der Waals surface area contributed by atoms with E-state index in [-0.39, 0.29) is 29.7 Å². The van der Waals surface area contributed by atoms with E-state index in [2.05, 4.69) is 4.98 Å². The van der Waals surface area contributed by atoms with E-state index in [1.54, 1.807) is 41.1 Å². The number of nitrogens with zero attached hydrogens (tertiary/aromatic N) is 3. The number of thiazole rings is 1. The Kier molecular flexibility index (Phi) is 7.58. The normalized spacial score (nSPS) is 17.6. The zero-order valence-electron chi connectivity index (χ0n) is 20.8. The fourth-order valence-corrected chi connectivity index (χ4v) is 5.27. The fraction of sp³-hybridized carbons (Fsp3) is 0.423. The Morgan fingerprint density at radius 1 is 1.22 bits per heavy atom. The Morgan fingerprint density at radius 2 is 1.94 bits per heavy atom. The van der Waals surface area contributed by atoms with Crippen molar-refractivity contribution in [3.05, 3.63) is 68.8 Å². The molecule has 0 spiro atoms. The molecule has 192 valence electrons. The van der Waals surface area contributed by atoms with Crippen molar-refractivity contribution >= 4 is 17.2 Å². The molecule has 10 heteroatoms. The van der Waals surface area contributed by atoms with Gasteiger partial charge in [-0.15, -0.1) is 11.3 Å². The number of benzene rings is 1. The van der Waals surface area contributed by atoms with Crippen LogP contribution in [0.1, 0.15) is 41.7 Å². The second-order valence-electron chi connectivity index (χ2n) is 9.44. The number of ether oxygens (including phenoxy) is 2. The summed E-state index contributed by atoms with van der Waals surface area (Å²) in [5.74, 6) is -1.31. The average Bonchev–Trinajstić information content (AvgIpc) is 3.30. The van der Waals surface area contributed by atoms with Gasteiger partial charge in [0.1, 0.15) is 10.8 Å². The fourth-order valence-electron chi connectivity index (χ4n) is 4.32. The van der Waals surface area contributed by atoms with Crippen molar-refractivity contribution < 1.29 is 23.8 Å². The monoisotopic (exact) mass is 515 g/mol. The Labute approximate surface area is 212 Å². The molecule has 0 radical (unpaired) electrons. The van der Waals surface area contributed by atoms with Gasteiger partial charge in [-0.3, -0.25) is 9.59 Å². The molecule has 1 unspecified atom stereocenters. The molecule has 0 fully saturated rings. The molecule has 0 aliphatic carbocycles. The number of carbonyl (C=O) groups is 1. The smallest absolute Gasteiger partial charge is 0.274 e. The molecule has 1 aliphatic heterocycles. The molecule has 1 aromatic carbocycles. The summed E-state index contributed by atoms with van der Waals surface area (Å²) < 4.78 is 25.8. The van der Waals surface area contributed by atoms with Crippen LogP contribution < -0.4 is 5.43 Å². The van der Waals surface area contributed by atoms with Crippen molar-refractivity contribution in [2.45, 2.75) is 38.8 Å². The summed E-state index contributed by atoms with van der Waals surface area (Å²) >= 11 is 1.32. The molecule has 3 heterocycles. The summed E-state index contributed by atoms with van der Waals surface area (Å²) in [4.78, 5) is 33.4. The van der Waals surface area contributed by atoms with Gasteiger partial charge >= 0.3 is 0 Å². The first-order valence-corrected chi connectivity index (χ1v) is 12.5. The standard InChI is InChI=1S/C26H30FN3O5S/c1-16(2)29-14-26(3,15-35-10-9-34-4)30-13-20(22(31)23(32)21(30)25(29)33)24-28-12-19(36-24)11-17-5-7-18(27)8-6-17/h5-8,12-13,16,32H,9-11,14-15H2,1-4H3. The van der Waals surface area contributed by atoms with E-state index in [1.165, 1.54) is 23.5 Å². The van der Waals surface area contributed by atoms with E-state index in [0.717, 1.165) is 10.4 Å². The van der Waals surface area contributed by atoms with Gasteiger partial charge in [-0.1, -0.05) is 12.1 Å². The van der Waals surface area contributed by atoms with Gasteiger partial charge in [0, 0.05) is 43.4 Å². The molecular weight excluding hydrogens is 485 g/mol. The van der Waals surface area contributed by atoms with Gasteiger partial charge in [0.25, 0.3) is 5.91 Å². The zero-order chi connectivity index (χ0) is 26.0. The van der Waals surface area contributed by atoms with Gasteiger partial charge in [0.2, 0.25) is 5.43 Å². The molecule has 4 rings (SSSR count). The van der Waals surface area contributed by atoms with Crippen LogP contribution in [0.4, 0.5) is 4.39 Å². The number of pyridine rings is 1. The lowest BCUT2D eigenvalue weighted by atomic mass is 9.95. The van der Waals surface area contributed by atoms with Crippen LogP contribution in [0.25, 0.3) is 10.6 Å². The first-order chi connectivity index (χ1) is 17.1. The number of aromatic hydroxyl groups is 1. The maximum absolute atomic E-state index is 13.3. The number of fused-ring (bicyclic) bond motifs is 1. The van der Waals surface area contributed by atoms with E-state index in [9.17, 15) is 19.1 Å². The van der Waals surface area contributed by atoms with E-state index in [1.807, 2.05) is 20.8 Å². The SMILES string of the molecule is COCCOCC1(C)CN(C(C)C)C(=O)c2c(O)c(=O)c(-c3ncc(Cc4ccc(F)cc4)s3)cn21. The largest absolute Gasteiger partial charge is 0.503 e. The van der Waals surface area contributed by atoms with E-state index < -0.39 is 22.6 Å². The van der Waals surface area contributed by atoms with Gasteiger partial charge in [0.05, 0.1) is 30.9 Å². The molecule has 2 aromatic heterocycles. The van der Waals surface area contributed by atoms with Crippen LogP contribution in [0.3, 0.4) is 0 Å². The second kappa shape index (κ2) is 10.5. The number of amides is 1. The predicted octanol–water partition coefficient (Wildman–Crippen LogP) is 3.65. The molecule has 0 bridgehead atoms. The molecule has 1 aliphatic rings. The summed E-state index contributed by atoms with van der Waals surface area (Å²) in [5.41, 5.74) is -0.317. The van der Waals surface area contributed by atoms with Gasteiger partial charge in [-0.25, -0.2) is 9.37 Å². The van der Waals surface area contributed by atoms with Crippen molar-refractivity contribution in [1.29, 1.82) is 0 Å². The number of methoxy groups -OCH3 is 1. The third-order valence-electron chi connectivity index (χ3n) is 6.28. The molecule has 1 N–H and O–H groups in total. The maximum atomic E-state index is 13.3. The third kappa shape index (κ3) is 5.07. The van der Waals surface area contributed by atoms with E-state index >= 15 is 0 Å². The van der Waals surface area contributed by atoms with Crippen LogP contribution >= 0.6 is 11.3 Å². The molecule has 8 nitrogen and oxygen atoms in total. The lowest BCUT2D eigenvalue weighted by molar-refractivity contribution is -0.00221. The van der Waals surface area contributed by atoms with Crippen molar-refractivity contribution in [2.75, 3.05) is 33.5 Å². The van der Waals surface area contributed by atoms with Crippen LogP contribution in [-0.2, 0) is 21.4 Å². The van der Waals surface area contributed by atoms with E-state index in [4.69, 9.17) is 9.47 Å². The minimum Gasteiger partial charge on any atom is -0.503 e. The third-order valence-corrected chi connectivity index (χ3v) is 7.31. The minimum atomic E-state index is -0.741. The van der Waals surface area contributed by atoms with Crippen LogP contribution in [0.5, 0.6) is 5.75 Å². The second-order valence-corrected chi connectivity index (χ2v) is 10.6. The Balaban J connectivity index is 1.74. The molecule has 36 heavy (non-hydrogen) atoms. The van der Waals surface area contributed by atoms with E-state index in [0.29, 0.717) is 31.2 Å². The van der Waals surface area contributed by atoms with Crippen LogP contribution in [0.2, 0.25) is 0 Å². The minimum absolute atomic E-state index is 0.0513. The first-order valence-electron chi connectivity index (χ1n) is 11.7. The van der Waals surface area contributed by atoms with Gasteiger partial charge < -0.3 is 24.0 Å². The average molecular weight is 516 g/mol. The lowest BCUT2D eigenvalue weighted by Crippen LogP contribution is -2.57. The summed E-state index contributed by atoms with van der Waals surface area (Å²) in [6, 6.07) is 6.08. The van der Waals surface area contributed by atoms with Crippen LogP contribution in [-0.4, -0.2) is 65.0 Å². The van der Waals surface area contributed by atoms with Gasteiger partial charge in [-0.05, 0) is 38.5 Å². The van der Waals surface area contributed by atoms with Crippen molar-refractivity contribution in [1.82, 2.24) is 14.5 Å². The zero-order valence-corrected chi connectivity index (χ0v) is 21.6. The van der Waals surface area contributed by atoms with Crippen LogP contribution in [0.15, 0.2) is 41.5 Å². The topological polar surface area (TPSA) is 93.9 Å². The Morgan fingerprint density at radius 3 is 2.61 bits per heavy atom. The highest BCUT2D eigenvalue weighted by Crippen LogP contribution is 2.35. The Bertz CT molecular complexity index is 1300. The van der Waals surface area contributed by atoms with Crippen molar-refractivity contribution in [2.24, 2.45) is 0 Å². The first kappa shape index (κ1) is 26.0. The highest BCUT2D eigenvalue weighted by Gasteiger charge is 2.43. The van der Waals surface area contributed by atoms with Crippen LogP contribution in [0, 0.1) is 5.82 Å².